The highest BCUT2D eigenvalue weighted by atomic mass is 16.4. The second-order valence-electron chi connectivity index (χ2n) is 3.20. The van der Waals surface area contributed by atoms with Crippen molar-refractivity contribution in [2.45, 2.75) is 25.2 Å². The number of carbonyl (C=O) groups is 1. The number of hydrogen-bond donors (Lipinski definition) is 2. The fourth-order valence-electron chi connectivity index (χ4n) is 1.73. The number of aliphatic carboxylic acids is 1. The van der Waals surface area contributed by atoms with Crippen LogP contribution < -0.4 is 5.73 Å². The summed E-state index contributed by atoms with van der Waals surface area (Å²) in [6, 6.07) is 0.139. The summed E-state index contributed by atoms with van der Waals surface area (Å²) in [6.45, 7) is 0. The van der Waals surface area contributed by atoms with Gasteiger partial charge >= 0.3 is 5.97 Å². The van der Waals surface area contributed by atoms with E-state index < -0.39 is 5.97 Å². The summed E-state index contributed by atoms with van der Waals surface area (Å²) in [5.74, 6) is -0.190. The number of hydrogen-bond acceptors (Lipinski definition) is 4. The van der Waals surface area contributed by atoms with E-state index >= 15 is 0 Å². The van der Waals surface area contributed by atoms with E-state index in [1.54, 1.807) is 0 Å². The minimum atomic E-state index is -0.812. The minimum absolute atomic E-state index is 0.0442. The number of carboxylic acids is 1. The number of anilines is 1. The molecule has 1 aliphatic rings. The second-order valence-corrected chi connectivity index (χ2v) is 3.20. The second kappa shape index (κ2) is 2.76. The van der Waals surface area contributed by atoms with Gasteiger partial charge in [-0.1, -0.05) is 0 Å². The van der Waals surface area contributed by atoms with Gasteiger partial charge in [-0.3, -0.25) is 4.79 Å². The van der Waals surface area contributed by atoms with Gasteiger partial charge in [0.15, 0.2) is 0 Å². The van der Waals surface area contributed by atoms with Crippen molar-refractivity contribution in [1.29, 1.82) is 0 Å². The fourth-order valence-corrected chi connectivity index (χ4v) is 1.73. The lowest BCUT2D eigenvalue weighted by Crippen LogP contribution is -2.02. The Hall–Kier alpha value is -1.52. The molecule has 0 aromatic carbocycles. The Morgan fingerprint density at radius 3 is 3.23 bits per heavy atom. The molecule has 0 fully saturated rings. The van der Waals surface area contributed by atoms with Crippen LogP contribution in [0.5, 0.6) is 0 Å². The summed E-state index contributed by atoms with van der Waals surface area (Å²) in [7, 11) is 0. The Morgan fingerprint density at radius 2 is 2.54 bits per heavy atom. The quantitative estimate of drug-likeness (QED) is 0.704. The summed E-state index contributed by atoms with van der Waals surface area (Å²) in [6.07, 6.45) is 1.67. The first-order valence-corrected chi connectivity index (χ1v) is 4.13. The highest BCUT2D eigenvalue weighted by Crippen LogP contribution is 2.36. The Labute approximate surface area is 74.6 Å². The van der Waals surface area contributed by atoms with Crippen molar-refractivity contribution in [2.24, 2.45) is 0 Å². The third-order valence-electron chi connectivity index (χ3n) is 2.27. The predicted octanol–water partition coefficient (Wildman–Crippen LogP) is 0.761. The summed E-state index contributed by atoms with van der Waals surface area (Å²) in [4.78, 5) is 14.4. The van der Waals surface area contributed by atoms with Crippen molar-refractivity contribution >= 4 is 12.0 Å². The summed E-state index contributed by atoms with van der Waals surface area (Å²) in [5, 5.41) is 8.61. The van der Waals surface area contributed by atoms with Crippen LogP contribution in [0.3, 0.4) is 0 Å². The topological polar surface area (TPSA) is 89.4 Å². The molecule has 1 aromatic rings. The van der Waals surface area contributed by atoms with Gasteiger partial charge in [0.2, 0.25) is 0 Å². The average Bonchev–Trinajstić information content (AvgIpc) is 2.51. The maximum atomic E-state index is 10.5. The first kappa shape index (κ1) is 8.10. The normalized spacial score (nSPS) is 20.2. The van der Waals surface area contributed by atoms with Gasteiger partial charge in [0, 0.05) is 5.92 Å². The standard InChI is InChI=1S/C8H10N2O3/c9-8-10-5-2-1-4(3-6(11)12)7(5)13-8/h4H,1-3H2,(H2,9,10)(H,11,12). The van der Waals surface area contributed by atoms with E-state index in [0.29, 0.717) is 5.76 Å². The molecule has 1 atom stereocenters. The number of aryl methyl sites for hydroxylation is 1. The molecule has 5 nitrogen and oxygen atoms in total. The van der Waals surface area contributed by atoms with E-state index in [-0.39, 0.29) is 18.4 Å². The zero-order valence-corrected chi connectivity index (χ0v) is 6.99. The third-order valence-corrected chi connectivity index (χ3v) is 2.27. The molecule has 0 radical (unpaired) electrons. The molecule has 5 heteroatoms. The molecule has 3 N–H and O–H groups in total. The molecule has 0 saturated carbocycles. The lowest BCUT2D eigenvalue weighted by Gasteiger charge is -2.02. The van der Waals surface area contributed by atoms with Gasteiger partial charge in [0.05, 0.1) is 12.1 Å². The Morgan fingerprint density at radius 1 is 1.77 bits per heavy atom. The van der Waals surface area contributed by atoms with Crippen molar-refractivity contribution in [2.75, 3.05) is 5.73 Å². The number of oxazole rings is 1. The molecule has 0 aliphatic heterocycles. The largest absolute Gasteiger partial charge is 0.481 e. The number of rotatable bonds is 2. The Bertz CT molecular complexity index is 345. The molecule has 2 rings (SSSR count). The molecule has 1 aromatic heterocycles. The fraction of sp³-hybridized carbons (Fsp3) is 0.500. The van der Waals surface area contributed by atoms with Gasteiger partial charge < -0.3 is 15.3 Å². The van der Waals surface area contributed by atoms with Crippen molar-refractivity contribution in [3.63, 3.8) is 0 Å². The van der Waals surface area contributed by atoms with E-state index in [1.165, 1.54) is 0 Å². The number of nitrogen functional groups attached to an aromatic ring is 1. The summed E-state index contributed by atoms with van der Waals surface area (Å²) < 4.78 is 5.14. The van der Waals surface area contributed by atoms with E-state index in [2.05, 4.69) is 4.98 Å². The number of nitrogens with two attached hydrogens (primary N) is 1. The number of aromatic nitrogens is 1. The molecule has 0 amide bonds. The molecular weight excluding hydrogens is 172 g/mol. The molecule has 1 unspecified atom stereocenters. The maximum absolute atomic E-state index is 10.5. The van der Waals surface area contributed by atoms with Crippen LogP contribution in [0.1, 0.15) is 30.2 Å². The zero-order chi connectivity index (χ0) is 9.42. The first-order chi connectivity index (χ1) is 6.16. The van der Waals surface area contributed by atoms with E-state index in [9.17, 15) is 4.79 Å². The Balaban J connectivity index is 2.22. The third kappa shape index (κ3) is 1.37. The first-order valence-electron chi connectivity index (χ1n) is 4.13. The van der Waals surface area contributed by atoms with Crippen LogP contribution in [0.15, 0.2) is 4.42 Å². The number of fused-ring (bicyclic) bond motifs is 1. The summed E-state index contributed by atoms with van der Waals surface area (Å²) in [5.41, 5.74) is 6.18. The molecular formula is C8H10N2O3. The van der Waals surface area contributed by atoms with Gasteiger partial charge in [-0.25, -0.2) is 0 Å². The van der Waals surface area contributed by atoms with Gasteiger partial charge in [-0.2, -0.15) is 4.98 Å². The number of carboxylic acid groups (broad SMARTS) is 1. The van der Waals surface area contributed by atoms with Gasteiger partial charge in [0.1, 0.15) is 5.76 Å². The molecule has 13 heavy (non-hydrogen) atoms. The lowest BCUT2D eigenvalue weighted by molar-refractivity contribution is -0.137. The smallest absolute Gasteiger partial charge is 0.304 e. The van der Waals surface area contributed by atoms with Crippen molar-refractivity contribution in [3.05, 3.63) is 11.5 Å². The van der Waals surface area contributed by atoms with Crippen LogP contribution in [0.4, 0.5) is 6.01 Å². The maximum Gasteiger partial charge on any atom is 0.304 e. The van der Waals surface area contributed by atoms with E-state index in [4.69, 9.17) is 15.3 Å². The SMILES string of the molecule is Nc1nc2c(o1)C(CC(=O)O)CC2. The average molecular weight is 182 g/mol. The minimum Gasteiger partial charge on any atom is -0.481 e. The van der Waals surface area contributed by atoms with Crippen molar-refractivity contribution in [1.82, 2.24) is 4.98 Å². The Kier molecular flexibility index (Phi) is 1.72. The molecule has 1 heterocycles. The highest BCUT2D eigenvalue weighted by Gasteiger charge is 2.29. The lowest BCUT2D eigenvalue weighted by atomic mass is 10.0. The zero-order valence-electron chi connectivity index (χ0n) is 6.99. The molecule has 0 spiro atoms. The molecule has 70 valence electrons. The van der Waals surface area contributed by atoms with Crippen molar-refractivity contribution < 1.29 is 14.3 Å². The predicted molar refractivity (Wildman–Crippen MR) is 44.2 cm³/mol. The van der Waals surface area contributed by atoms with Crippen LogP contribution in [0.25, 0.3) is 0 Å². The molecule has 0 saturated heterocycles. The van der Waals surface area contributed by atoms with Crippen LogP contribution in [-0.2, 0) is 11.2 Å². The number of nitrogens with zero attached hydrogens (tertiary/aromatic N) is 1. The van der Waals surface area contributed by atoms with Gasteiger partial charge in [-0.05, 0) is 12.8 Å². The van der Waals surface area contributed by atoms with Crippen molar-refractivity contribution in [3.8, 4) is 0 Å². The molecule has 0 bridgehead atoms. The van der Waals surface area contributed by atoms with Gasteiger partial charge in [-0.15, -0.1) is 0 Å². The highest BCUT2D eigenvalue weighted by molar-refractivity contribution is 5.68. The van der Waals surface area contributed by atoms with E-state index in [1.807, 2.05) is 0 Å². The van der Waals surface area contributed by atoms with Crippen LogP contribution in [-0.4, -0.2) is 16.1 Å². The van der Waals surface area contributed by atoms with Crippen LogP contribution >= 0.6 is 0 Å². The molecule has 1 aliphatic carbocycles. The summed E-state index contributed by atoms with van der Waals surface area (Å²) >= 11 is 0. The van der Waals surface area contributed by atoms with E-state index in [0.717, 1.165) is 18.5 Å². The van der Waals surface area contributed by atoms with Gasteiger partial charge in [0.25, 0.3) is 6.01 Å². The van der Waals surface area contributed by atoms with Crippen LogP contribution in [0.2, 0.25) is 0 Å². The monoisotopic (exact) mass is 182 g/mol. The van der Waals surface area contributed by atoms with Crippen LogP contribution in [0, 0.1) is 0 Å².